The predicted molar refractivity (Wildman–Crippen MR) is 107 cm³/mol. The van der Waals surface area contributed by atoms with Gasteiger partial charge in [-0.2, -0.15) is 0 Å². The van der Waals surface area contributed by atoms with Gasteiger partial charge in [0.1, 0.15) is 5.75 Å². The van der Waals surface area contributed by atoms with Gasteiger partial charge >= 0.3 is 12.0 Å². The molecule has 2 aliphatic rings. The van der Waals surface area contributed by atoms with E-state index in [1.54, 1.807) is 23.1 Å². The standard InChI is InChI=1S/C21H27N3O4/c1-2-7-23-21(28)24-9-6-15(11-20(26)27)16(13-24)10-19-18-12-17(25)4-3-14(18)5-8-22-19/h2-4,12,15-16,25H,1,5-11,13H2,(H,23,28)(H,26,27)/t15-,16-/m0/s1. The Kier molecular flexibility index (Phi) is 6.34. The topological polar surface area (TPSA) is 102 Å². The number of phenolic OH excluding ortho intramolecular Hbond substituents is 1. The number of benzene rings is 1. The van der Waals surface area contributed by atoms with Crippen LogP contribution in [0.1, 0.15) is 30.4 Å². The summed E-state index contributed by atoms with van der Waals surface area (Å²) >= 11 is 0. The fourth-order valence-corrected chi connectivity index (χ4v) is 4.13. The minimum absolute atomic E-state index is 0.00591. The van der Waals surface area contributed by atoms with E-state index >= 15 is 0 Å². The zero-order valence-electron chi connectivity index (χ0n) is 15.9. The molecule has 3 N–H and O–H groups in total. The third-order valence-electron chi connectivity index (χ3n) is 5.56. The fourth-order valence-electron chi connectivity index (χ4n) is 4.13. The molecule has 1 fully saturated rings. The van der Waals surface area contributed by atoms with E-state index in [9.17, 15) is 19.8 Å². The molecular weight excluding hydrogens is 358 g/mol. The van der Waals surface area contributed by atoms with Crippen molar-refractivity contribution in [3.05, 3.63) is 42.0 Å². The third-order valence-corrected chi connectivity index (χ3v) is 5.56. The number of phenols is 1. The van der Waals surface area contributed by atoms with Crippen molar-refractivity contribution < 1.29 is 19.8 Å². The first-order valence-electron chi connectivity index (χ1n) is 9.69. The van der Waals surface area contributed by atoms with E-state index in [0.29, 0.717) is 39.0 Å². The number of carboxylic acid groups (broad SMARTS) is 1. The van der Waals surface area contributed by atoms with Crippen LogP contribution in [-0.4, -0.2) is 59.0 Å². The number of rotatable bonds is 6. The van der Waals surface area contributed by atoms with E-state index in [-0.39, 0.29) is 30.0 Å². The van der Waals surface area contributed by atoms with Gasteiger partial charge in [-0.3, -0.25) is 9.79 Å². The Hall–Kier alpha value is -2.83. The average Bonchev–Trinajstić information content (AvgIpc) is 2.67. The van der Waals surface area contributed by atoms with Crippen molar-refractivity contribution in [3.63, 3.8) is 0 Å². The molecule has 0 saturated carbocycles. The number of nitrogens with zero attached hydrogens (tertiary/aromatic N) is 2. The predicted octanol–water partition coefficient (Wildman–Crippen LogP) is 2.44. The Morgan fingerprint density at radius 3 is 2.93 bits per heavy atom. The van der Waals surface area contributed by atoms with Gasteiger partial charge in [0.05, 0.1) is 0 Å². The van der Waals surface area contributed by atoms with E-state index in [2.05, 4.69) is 16.9 Å². The molecule has 150 valence electrons. The van der Waals surface area contributed by atoms with Crippen LogP contribution in [0.15, 0.2) is 35.8 Å². The van der Waals surface area contributed by atoms with Gasteiger partial charge in [-0.1, -0.05) is 12.1 Å². The molecule has 2 aliphatic heterocycles. The number of urea groups is 1. The van der Waals surface area contributed by atoms with Crippen LogP contribution in [0.5, 0.6) is 5.75 Å². The number of carboxylic acids is 1. The maximum Gasteiger partial charge on any atom is 0.317 e. The fraction of sp³-hybridized carbons (Fsp3) is 0.476. The highest BCUT2D eigenvalue weighted by atomic mass is 16.4. The number of aliphatic imine (C=N–C) groups is 1. The van der Waals surface area contributed by atoms with Crippen molar-refractivity contribution in [2.75, 3.05) is 26.2 Å². The molecule has 2 amide bonds. The number of carbonyl (C=O) groups is 2. The van der Waals surface area contributed by atoms with Crippen LogP contribution in [0, 0.1) is 11.8 Å². The lowest BCUT2D eigenvalue weighted by Crippen LogP contribution is -2.49. The first kappa shape index (κ1) is 19.9. The largest absolute Gasteiger partial charge is 0.508 e. The quantitative estimate of drug-likeness (QED) is 0.655. The third kappa shape index (κ3) is 4.71. The molecule has 0 radical (unpaired) electrons. The monoisotopic (exact) mass is 385 g/mol. The van der Waals surface area contributed by atoms with Crippen molar-refractivity contribution >= 4 is 17.7 Å². The summed E-state index contributed by atoms with van der Waals surface area (Å²) in [6.45, 7) is 5.73. The normalized spacial score (nSPS) is 21.4. The van der Waals surface area contributed by atoms with Crippen LogP contribution in [0.2, 0.25) is 0 Å². The summed E-state index contributed by atoms with van der Waals surface area (Å²) in [6.07, 6.45) is 3.80. The Morgan fingerprint density at radius 2 is 2.18 bits per heavy atom. The minimum atomic E-state index is -0.816. The van der Waals surface area contributed by atoms with E-state index in [0.717, 1.165) is 23.3 Å². The molecule has 2 heterocycles. The van der Waals surface area contributed by atoms with Gasteiger partial charge < -0.3 is 20.4 Å². The molecule has 7 nitrogen and oxygen atoms in total. The van der Waals surface area contributed by atoms with Crippen LogP contribution >= 0.6 is 0 Å². The molecule has 7 heteroatoms. The minimum Gasteiger partial charge on any atom is -0.508 e. The first-order valence-corrected chi connectivity index (χ1v) is 9.69. The van der Waals surface area contributed by atoms with Gasteiger partial charge in [0.25, 0.3) is 0 Å². The molecule has 0 aliphatic carbocycles. The lowest BCUT2D eigenvalue weighted by molar-refractivity contribution is -0.138. The molecular formula is C21H27N3O4. The van der Waals surface area contributed by atoms with E-state index in [1.807, 2.05) is 6.07 Å². The van der Waals surface area contributed by atoms with Gasteiger partial charge in [-0.25, -0.2) is 4.79 Å². The van der Waals surface area contributed by atoms with Gasteiger partial charge in [-0.15, -0.1) is 6.58 Å². The number of amides is 2. The zero-order valence-corrected chi connectivity index (χ0v) is 15.9. The number of piperidine rings is 1. The summed E-state index contributed by atoms with van der Waals surface area (Å²) in [5, 5.41) is 22.0. The molecule has 28 heavy (non-hydrogen) atoms. The number of likely N-dealkylation sites (tertiary alicyclic amines) is 1. The lowest BCUT2D eigenvalue weighted by atomic mass is 9.78. The second-order valence-corrected chi connectivity index (χ2v) is 7.45. The number of aromatic hydroxyl groups is 1. The highest BCUT2D eigenvalue weighted by Crippen LogP contribution is 2.32. The van der Waals surface area contributed by atoms with Crippen molar-refractivity contribution in [3.8, 4) is 5.75 Å². The number of hydrogen-bond donors (Lipinski definition) is 3. The summed E-state index contributed by atoms with van der Waals surface area (Å²) in [5.74, 6) is -0.620. The van der Waals surface area contributed by atoms with E-state index in [1.165, 1.54) is 0 Å². The summed E-state index contributed by atoms with van der Waals surface area (Å²) in [7, 11) is 0. The van der Waals surface area contributed by atoms with Crippen molar-refractivity contribution in [1.82, 2.24) is 10.2 Å². The Bertz CT molecular complexity index is 790. The lowest BCUT2D eigenvalue weighted by Gasteiger charge is -2.38. The number of hydrogen-bond acceptors (Lipinski definition) is 4. The van der Waals surface area contributed by atoms with Crippen LogP contribution in [-0.2, 0) is 11.2 Å². The van der Waals surface area contributed by atoms with Crippen molar-refractivity contribution in [2.45, 2.75) is 25.7 Å². The number of fused-ring (bicyclic) bond motifs is 1. The van der Waals surface area contributed by atoms with Crippen LogP contribution in [0.4, 0.5) is 4.79 Å². The van der Waals surface area contributed by atoms with E-state index < -0.39 is 5.97 Å². The molecule has 0 spiro atoms. The van der Waals surface area contributed by atoms with Crippen molar-refractivity contribution in [2.24, 2.45) is 16.8 Å². The van der Waals surface area contributed by atoms with Crippen LogP contribution < -0.4 is 5.32 Å². The van der Waals surface area contributed by atoms with Crippen LogP contribution in [0.3, 0.4) is 0 Å². The second-order valence-electron chi connectivity index (χ2n) is 7.45. The molecule has 3 rings (SSSR count). The summed E-state index contributed by atoms with van der Waals surface area (Å²) < 4.78 is 0. The Morgan fingerprint density at radius 1 is 1.36 bits per heavy atom. The van der Waals surface area contributed by atoms with Crippen molar-refractivity contribution in [1.29, 1.82) is 0 Å². The molecule has 0 unspecified atom stereocenters. The zero-order chi connectivity index (χ0) is 20.1. The smallest absolute Gasteiger partial charge is 0.317 e. The summed E-state index contributed by atoms with van der Waals surface area (Å²) in [4.78, 5) is 30.1. The number of nitrogens with one attached hydrogen (secondary N) is 1. The maximum absolute atomic E-state index is 12.4. The first-order chi connectivity index (χ1) is 13.5. The highest BCUT2D eigenvalue weighted by molar-refractivity contribution is 6.03. The SMILES string of the molecule is C=CCNC(=O)N1CC[C@@H](CC(=O)O)[C@@H](CC2=NCCc3ccc(O)cc32)C1. The number of aliphatic carboxylic acids is 1. The highest BCUT2D eigenvalue weighted by Gasteiger charge is 2.34. The average molecular weight is 385 g/mol. The second kappa shape index (κ2) is 8.91. The Balaban J connectivity index is 1.78. The molecule has 1 aromatic carbocycles. The van der Waals surface area contributed by atoms with Gasteiger partial charge in [-0.05, 0) is 48.8 Å². The summed E-state index contributed by atoms with van der Waals surface area (Å²) in [6, 6.07) is 5.18. The van der Waals surface area contributed by atoms with Crippen LogP contribution in [0.25, 0.3) is 0 Å². The molecule has 1 saturated heterocycles. The van der Waals surface area contributed by atoms with Gasteiger partial charge in [0.2, 0.25) is 0 Å². The molecule has 0 aromatic heterocycles. The molecule has 2 atom stereocenters. The molecule has 1 aromatic rings. The maximum atomic E-state index is 12.4. The Labute approximate surface area is 164 Å². The van der Waals surface area contributed by atoms with E-state index in [4.69, 9.17) is 0 Å². The van der Waals surface area contributed by atoms with Gasteiger partial charge in [0, 0.05) is 43.9 Å². The summed E-state index contributed by atoms with van der Waals surface area (Å²) in [5.41, 5.74) is 2.98. The molecule has 0 bridgehead atoms. The number of carbonyl (C=O) groups excluding carboxylic acids is 1. The van der Waals surface area contributed by atoms with Gasteiger partial charge in [0.15, 0.2) is 0 Å².